The molecule has 0 aliphatic rings. The number of hydrogen-bond acceptors (Lipinski definition) is 8. The monoisotopic (exact) mass is 383 g/mol. The van der Waals surface area contributed by atoms with Crippen LogP contribution in [0.2, 0.25) is 0 Å². The summed E-state index contributed by atoms with van der Waals surface area (Å²) in [5, 5.41) is 14.6. The van der Waals surface area contributed by atoms with E-state index in [-0.39, 0.29) is 24.1 Å². The molecule has 10 heteroatoms. The maximum atomic E-state index is 12.2. The Labute approximate surface area is 154 Å². The summed E-state index contributed by atoms with van der Waals surface area (Å²) in [6, 6.07) is 3.70. The largest absolute Gasteiger partial charge is 0.467 e. The number of carbonyl (C=O) groups excluding carboxylic acids is 2. The highest BCUT2D eigenvalue weighted by Gasteiger charge is 2.16. The van der Waals surface area contributed by atoms with Crippen molar-refractivity contribution in [2.45, 2.75) is 24.7 Å². The first kappa shape index (κ1) is 19.3. The van der Waals surface area contributed by atoms with Crippen molar-refractivity contribution in [3.63, 3.8) is 0 Å². The zero-order valence-corrected chi connectivity index (χ0v) is 15.8. The molecule has 2 aromatic heterocycles. The number of nitrogens with one attached hydrogen (secondary N) is 2. The van der Waals surface area contributed by atoms with Gasteiger partial charge in [-0.2, -0.15) is 0 Å². The van der Waals surface area contributed by atoms with Gasteiger partial charge in [0.05, 0.1) is 25.1 Å². The number of carbonyl (C=O) groups is 2. The number of nitrogens with zero attached hydrogens (tertiary/aromatic N) is 3. The van der Waals surface area contributed by atoms with Crippen LogP contribution in [-0.2, 0) is 16.1 Å². The van der Waals surface area contributed by atoms with Gasteiger partial charge in [0.2, 0.25) is 16.9 Å². The molecule has 0 aliphatic carbocycles. The molecule has 136 valence electrons. The molecule has 0 aromatic carbocycles. The summed E-state index contributed by atoms with van der Waals surface area (Å²) >= 11 is 2.69. The Morgan fingerprint density at radius 1 is 1.36 bits per heavy atom. The van der Waals surface area contributed by atoms with Crippen LogP contribution in [0.3, 0.4) is 0 Å². The van der Waals surface area contributed by atoms with E-state index in [4.69, 9.17) is 4.42 Å². The highest BCUT2D eigenvalue weighted by molar-refractivity contribution is 8.01. The van der Waals surface area contributed by atoms with Gasteiger partial charge in [0, 0.05) is 13.1 Å². The number of amides is 2. The summed E-state index contributed by atoms with van der Waals surface area (Å²) in [5.41, 5.74) is 0. The van der Waals surface area contributed by atoms with E-state index in [2.05, 4.69) is 20.8 Å². The molecule has 0 bridgehead atoms. The number of hydrogen-bond donors (Lipinski definition) is 2. The summed E-state index contributed by atoms with van der Waals surface area (Å²) in [7, 11) is 0. The molecule has 0 saturated carbocycles. The average Bonchev–Trinajstić information content (AvgIpc) is 3.27. The first-order chi connectivity index (χ1) is 12.1. The van der Waals surface area contributed by atoms with E-state index in [1.165, 1.54) is 28.0 Å². The molecule has 0 radical (unpaired) electrons. The zero-order chi connectivity index (χ0) is 18.1. The third-order valence-corrected chi connectivity index (χ3v) is 5.16. The molecule has 0 fully saturated rings. The Morgan fingerprint density at radius 2 is 2.20 bits per heavy atom. The van der Waals surface area contributed by atoms with Crippen molar-refractivity contribution in [1.29, 1.82) is 0 Å². The van der Waals surface area contributed by atoms with Gasteiger partial charge in [-0.15, -0.1) is 10.2 Å². The van der Waals surface area contributed by atoms with Crippen LogP contribution < -0.4 is 10.6 Å². The van der Waals surface area contributed by atoms with Gasteiger partial charge in [-0.1, -0.05) is 23.1 Å². The lowest BCUT2D eigenvalue weighted by atomic mass is 10.4. The topological polar surface area (TPSA) is 100 Å². The molecule has 0 spiro atoms. The Hall–Kier alpha value is -2.07. The number of rotatable bonds is 10. The van der Waals surface area contributed by atoms with Crippen LogP contribution in [0, 0.1) is 0 Å². The third-order valence-electron chi connectivity index (χ3n) is 3.16. The van der Waals surface area contributed by atoms with Crippen LogP contribution in [0.5, 0.6) is 0 Å². The maximum absolute atomic E-state index is 12.2. The van der Waals surface area contributed by atoms with E-state index < -0.39 is 0 Å². The fourth-order valence-corrected chi connectivity index (χ4v) is 3.58. The minimum absolute atomic E-state index is 0.0792. The van der Waals surface area contributed by atoms with Crippen molar-refractivity contribution in [2.75, 3.05) is 30.7 Å². The molecule has 2 amide bonds. The molecule has 2 heterocycles. The van der Waals surface area contributed by atoms with Gasteiger partial charge >= 0.3 is 0 Å². The number of likely N-dealkylation sites (N-methyl/N-ethyl adjacent to an activating group) is 2. The van der Waals surface area contributed by atoms with Crippen molar-refractivity contribution < 1.29 is 14.0 Å². The van der Waals surface area contributed by atoms with E-state index in [0.29, 0.717) is 29.1 Å². The van der Waals surface area contributed by atoms with Crippen molar-refractivity contribution >= 4 is 40.0 Å². The summed E-state index contributed by atoms with van der Waals surface area (Å²) < 4.78 is 5.93. The van der Waals surface area contributed by atoms with Crippen LogP contribution in [0.25, 0.3) is 0 Å². The van der Waals surface area contributed by atoms with Crippen molar-refractivity contribution in [1.82, 2.24) is 20.4 Å². The molecule has 0 saturated heterocycles. The van der Waals surface area contributed by atoms with E-state index in [0.717, 1.165) is 5.76 Å². The lowest BCUT2D eigenvalue weighted by molar-refractivity contribution is -0.133. The van der Waals surface area contributed by atoms with Gasteiger partial charge < -0.3 is 20.0 Å². The highest BCUT2D eigenvalue weighted by Crippen LogP contribution is 2.26. The van der Waals surface area contributed by atoms with Gasteiger partial charge in [0.15, 0.2) is 4.34 Å². The maximum Gasteiger partial charge on any atom is 0.239 e. The number of furan rings is 1. The van der Waals surface area contributed by atoms with Crippen molar-refractivity contribution in [3.8, 4) is 0 Å². The number of anilines is 1. The molecular formula is C15H21N5O3S2. The molecule has 2 rings (SSSR count). The Kier molecular flexibility index (Phi) is 7.74. The second-order valence-electron chi connectivity index (χ2n) is 4.96. The normalized spacial score (nSPS) is 10.5. The van der Waals surface area contributed by atoms with Crippen LogP contribution in [0.15, 0.2) is 27.2 Å². The van der Waals surface area contributed by atoms with E-state index in [9.17, 15) is 9.59 Å². The van der Waals surface area contributed by atoms with E-state index in [1.54, 1.807) is 6.26 Å². The molecule has 25 heavy (non-hydrogen) atoms. The van der Waals surface area contributed by atoms with Crippen molar-refractivity contribution in [2.24, 2.45) is 0 Å². The molecule has 0 atom stereocenters. The first-order valence-electron chi connectivity index (χ1n) is 7.89. The number of aromatic nitrogens is 2. The van der Waals surface area contributed by atoms with Gasteiger partial charge in [-0.25, -0.2) is 0 Å². The summed E-state index contributed by atoms with van der Waals surface area (Å²) in [6.45, 7) is 5.35. The number of thioether (sulfide) groups is 1. The average molecular weight is 383 g/mol. The smallest absolute Gasteiger partial charge is 0.239 e. The fraction of sp³-hybridized carbons (Fsp3) is 0.467. The SMILES string of the molecule is CCNC(=O)CN(CC)C(=O)CSc1nnc(NCc2ccco2)s1. The predicted molar refractivity (Wildman–Crippen MR) is 97.6 cm³/mol. The molecule has 0 aliphatic heterocycles. The standard InChI is InChI=1S/C15H21N5O3S2/c1-3-16-12(21)9-20(4-2)13(22)10-24-15-19-18-14(25-15)17-8-11-6-5-7-23-11/h5-7H,3-4,8-10H2,1-2H3,(H,16,21)(H,17,18). The Balaban J connectivity index is 1.77. The molecule has 8 nitrogen and oxygen atoms in total. The highest BCUT2D eigenvalue weighted by atomic mass is 32.2. The molecule has 2 N–H and O–H groups in total. The molecule has 2 aromatic rings. The van der Waals surface area contributed by atoms with E-state index in [1.807, 2.05) is 26.0 Å². The lowest BCUT2D eigenvalue weighted by Gasteiger charge is -2.19. The zero-order valence-electron chi connectivity index (χ0n) is 14.2. The van der Waals surface area contributed by atoms with Crippen LogP contribution in [0.1, 0.15) is 19.6 Å². The lowest BCUT2D eigenvalue weighted by Crippen LogP contribution is -2.41. The van der Waals surface area contributed by atoms with E-state index >= 15 is 0 Å². The molecule has 0 unspecified atom stereocenters. The molecular weight excluding hydrogens is 362 g/mol. The Bertz CT molecular complexity index is 675. The summed E-state index contributed by atoms with van der Waals surface area (Å²) in [4.78, 5) is 25.4. The van der Waals surface area contributed by atoms with Gasteiger partial charge in [0.1, 0.15) is 5.76 Å². The summed E-state index contributed by atoms with van der Waals surface area (Å²) in [5.74, 6) is 0.783. The quantitative estimate of drug-likeness (QED) is 0.604. The van der Waals surface area contributed by atoms with Crippen LogP contribution in [-0.4, -0.2) is 52.3 Å². The summed E-state index contributed by atoms with van der Waals surface area (Å²) in [6.07, 6.45) is 1.62. The van der Waals surface area contributed by atoms with Crippen LogP contribution >= 0.6 is 23.1 Å². The first-order valence-corrected chi connectivity index (χ1v) is 9.69. The predicted octanol–water partition coefficient (Wildman–Crippen LogP) is 1.82. The third kappa shape index (κ3) is 6.39. The van der Waals surface area contributed by atoms with Crippen molar-refractivity contribution in [3.05, 3.63) is 24.2 Å². The second kappa shape index (κ2) is 10.0. The minimum Gasteiger partial charge on any atom is -0.467 e. The minimum atomic E-state index is -0.150. The van der Waals surface area contributed by atoms with Gasteiger partial charge in [-0.3, -0.25) is 9.59 Å². The van der Waals surface area contributed by atoms with Crippen LogP contribution in [0.4, 0.5) is 5.13 Å². The van der Waals surface area contributed by atoms with Gasteiger partial charge in [0.25, 0.3) is 0 Å². The Morgan fingerprint density at radius 3 is 2.88 bits per heavy atom. The van der Waals surface area contributed by atoms with Gasteiger partial charge in [-0.05, 0) is 26.0 Å². The second-order valence-corrected chi connectivity index (χ2v) is 7.16. The fourth-order valence-electron chi connectivity index (χ4n) is 1.93.